The maximum Gasteiger partial charge on any atom is 0.226 e. The highest BCUT2D eigenvalue weighted by molar-refractivity contribution is 5.79. The van der Waals surface area contributed by atoms with E-state index in [0.29, 0.717) is 12.0 Å². The number of carbonyl (C=O) groups is 1. The van der Waals surface area contributed by atoms with E-state index < -0.39 is 0 Å². The monoisotopic (exact) mass is 354 g/mol. The Hall–Kier alpha value is -2.41. The number of amides is 1. The van der Waals surface area contributed by atoms with Gasteiger partial charge in [-0.1, -0.05) is 17.3 Å². The second-order valence-electron chi connectivity index (χ2n) is 7.72. The molecule has 1 aromatic heterocycles. The van der Waals surface area contributed by atoms with Crippen molar-refractivity contribution in [3.63, 3.8) is 0 Å². The number of nitrogens with zero attached hydrogens (tertiary/aromatic N) is 5. The van der Waals surface area contributed by atoms with Crippen LogP contribution in [0.4, 0.5) is 5.69 Å². The standard InChI is InChI=1S/C19H26N6O/c1-23(2)19(26)17-11-24-7-6-13(17)9-16(24)10-25-12-18(21-22-25)14-4-3-5-15(20)8-14/h3-5,8,12-13,16-17H,6-7,9-11,20H2,1-2H3/t13-,16+,17-/m0/s1. The second kappa shape index (κ2) is 6.72. The molecule has 7 nitrogen and oxygen atoms in total. The number of aromatic nitrogens is 3. The van der Waals surface area contributed by atoms with Gasteiger partial charge in [-0.05, 0) is 37.4 Å². The summed E-state index contributed by atoms with van der Waals surface area (Å²) < 4.78 is 1.92. The summed E-state index contributed by atoms with van der Waals surface area (Å²) in [5.41, 5.74) is 8.41. The number of nitrogen functional groups attached to an aromatic ring is 1. The van der Waals surface area contributed by atoms with E-state index in [4.69, 9.17) is 5.73 Å². The molecule has 0 saturated carbocycles. The first kappa shape index (κ1) is 17.0. The highest BCUT2D eigenvalue weighted by Gasteiger charge is 2.43. The van der Waals surface area contributed by atoms with Gasteiger partial charge in [-0.15, -0.1) is 5.10 Å². The van der Waals surface area contributed by atoms with Crippen molar-refractivity contribution in [2.24, 2.45) is 11.8 Å². The van der Waals surface area contributed by atoms with E-state index in [2.05, 4.69) is 15.2 Å². The molecule has 0 spiro atoms. The van der Waals surface area contributed by atoms with Gasteiger partial charge in [-0.25, -0.2) is 0 Å². The molecular weight excluding hydrogens is 328 g/mol. The van der Waals surface area contributed by atoms with Crippen molar-refractivity contribution in [1.82, 2.24) is 24.8 Å². The number of fused-ring (bicyclic) bond motifs is 3. The van der Waals surface area contributed by atoms with E-state index in [1.165, 1.54) is 0 Å². The summed E-state index contributed by atoms with van der Waals surface area (Å²) in [4.78, 5) is 16.6. The van der Waals surface area contributed by atoms with E-state index in [1.807, 2.05) is 49.2 Å². The molecule has 0 radical (unpaired) electrons. The van der Waals surface area contributed by atoms with Gasteiger partial charge in [0.05, 0.1) is 18.7 Å². The van der Waals surface area contributed by atoms with Gasteiger partial charge in [0, 0.05) is 37.9 Å². The van der Waals surface area contributed by atoms with Crippen LogP contribution in [-0.4, -0.2) is 63.9 Å². The predicted octanol–water partition coefficient (Wildman–Crippen LogP) is 1.33. The predicted molar refractivity (Wildman–Crippen MR) is 100 cm³/mol. The van der Waals surface area contributed by atoms with E-state index in [0.717, 1.165) is 49.4 Å². The maximum absolute atomic E-state index is 12.4. The molecule has 1 unspecified atom stereocenters. The first-order valence-corrected chi connectivity index (χ1v) is 9.22. The molecule has 1 aromatic carbocycles. The summed E-state index contributed by atoms with van der Waals surface area (Å²) >= 11 is 0. The molecule has 26 heavy (non-hydrogen) atoms. The highest BCUT2D eigenvalue weighted by atomic mass is 16.2. The third-order valence-corrected chi connectivity index (χ3v) is 5.76. The van der Waals surface area contributed by atoms with Gasteiger partial charge in [0.1, 0.15) is 5.69 Å². The summed E-state index contributed by atoms with van der Waals surface area (Å²) in [6.07, 6.45) is 4.16. The Balaban J connectivity index is 1.44. The zero-order chi connectivity index (χ0) is 18.3. The zero-order valence-corrected chi connectivity index (χ0v) is 15.4. The normalized spacial score (nSPS) is 27.5. The van der Waals surface area contributed by atoms with Gasteiger partial charge >= 0.3 is 0 Å². The molecule has 7 heteroatoms. The Morgan fingerprint density at radius 2 is 2.23 bits per heavy atom. The van der Waals surface area contributed by atoms with Crippen LogP contribution in [0.15, 0.2) is 30.5 Å². The first-order chi connectivity index (χ1) is 12.5. The number of hydrogen-bond acceptors (Lipinski definition) is 5. The molecule has 2 bridgehead atoms. The van der Waals surface area contributed by atoms with Gasteiger partial charge in [-0.2, -0.15) is 0 Å². The van der Waals surface area contributed by atoms with Gasteiger partial charge in [-0.3, -0.25) is 14.4 Å². The van der Waals surface area contributed by atoms with Crippen molar-refractivity contribution in [2.45, 2.75) is 25.4 Å². The van der Waals surface area contributed by atoms with Crippen molar-refractivity contribution in [1.29, 1.82) is 0 Å². The fourth-order valence-electron chi connectivity index (χ4n) is 4.37. The number of rotatable bonds is 4. The number of benzene rings is 1. The molecule has 138 valence electrons. The van der Waals surface area contributed by atoms with Gasteiger partial charge in [0.25, 0.3) is 0 Å². The summed E-state index contributed by atoms with van der Waals surface area (Å²) in [7, 11) is 3.70. The van der Waals surface area contributed by atoms with Crippen LogP contribution < -0.4 is 5.73 Å². The Labute approximate surface area is 153 Å². The number of piperidine rings is 3. The van der Waals surface area contributed by atoms with Gasteiger partial charge in [0.2, 0.25) is 5.91 Å². The van der Waals surface area contributed by atoms with Crippen LogP contribution in [0.5, 0.6) is 0 Å². The number of carbonyl (C=O) groups excluding carboxylic acids is 1. The molecule has 4 atom stereocenters. The topological polar surface area (TPSA) is 80.3 Å². The molecule has 3 saturated heterocycles. The van der Waals surface area contributed by atoms with Crippen LogP contribution in [0.2, 0.25) is 0 Å². The average Bonchev–Trinajstić information content (AvgIpc) is 3.10. The molecule has 2 N–H and O–H groups in total. The lowest BCUT2D eigenvalue weighted by atomic mass is 9.75. The molecule has 3 fully saturated rings. The van der Waals surface area contributed by atoms with E-state index in [-0.39, 0.29) is 11.8 Å². The Morgan fingerprint density at radius 1 is 1.38 bits per heavy atom. The number of anilines is 1. The van der Waals surface area contributed by atoms with Gasteiger partial charge in [0.15, 0.2) is 0 Å². The largest absolute Gasteiger partial charge is 0.399 e. The van der Waals surface area contributed by atoms with Crippen LogP contribution in [0.1, 0.15) is 12.8 Å². The summed E-state index contributed by atoms with van der Waals surface area (Å²) in [6, 6.07) is 8.13. The van der Waals surface area contributed by atoms with Crippen molar-refractivity contribution < 1.29 is 4.79 Å². The Morgan fingerprint density at radius 3 is 2.92 bits per heavy atom. The lowest BCUT2D eigenvalue weighted by molar-refractivity contribution is -0.141. The molecular formula is C19H26N6O. The SMILES string of the molecule is CN(C)C(=O)[C@H]1CN2CC[C@H]1C[C@@H]2Cn1cc(-c2cccc(N)c2)nn1. The van der Waals surface area contributed by atoms with Crippen LogP contribution in [0, 0.1) is 11.8 Å². The minimum atomic E-state index is 0.147. The lowest BCUT2D eigenvalue weighted by Crippen LogP contribution is -2.57. The van der Waals surface area contributed by atoms with Crippen LogP contribution in [-0.2, 0) is 11.3 Å². The minimum Gasteiger partial charge on any atom is -0.399 e. The molecule has 4 heterocycles. The van der Waals surface area contributed by atoms with Crippen molar-refractivity contribution in [2.75, 3.05) is 32.9 Å². The van der Waals surface area contributed by atoms with Crippen LogP contribution >= 0.6 is 0 Å². The highest BCUT2D eigenvalue weighted by Crippen LogP contribution is 2.37. The smallest absolute Gasteiger partial charge is 0.226 e. The molecule has 1 amide bonds. The third-order valence-electron chi connectivity index (χ3n) is 5.76. The molecule has 3 aliphatic heterocycles. The van der Waals surface area contributed by atoms with E-state index in [1.54, 1.807) is 4.90 Å². The van der Waals surface area contributed by atoms with Crippen molar-refractivity contribution >= 4 is 11.6 Å². The Kier molecular flexibility index (Phi) is 4.40. The molecule has 5 rings (SSSR count). The Bertz CT molecular complexity index is 801. The van der Waals surface area contributed by atoms with E-state index in [9.17, 15) is 4.79 Å². The zero-order valence-electron chi connectivity index (χ0n) is 15.4. The minimum absolute atomic E-state index is 0.147. The van der Waals surface area contributed by atoms with Crippen molar-refractivity contribution in [3.05, 3.63) is 30.5 Å². The quantitative estimate of drug-likeness (QED) is 0.838. The van der Waals surface area contributed by atoms with Gasteiger partial charge < -0.3 is 10.6 Å². The molecule has 3 aliphatic rings. The maximum atomic E-state index is 12.4. The summed E-state index contributed by atoms with van der Waals surface area (Å²) in [6.45, 7) is 2.75. The third kappa shape index (κ3) is 3.19. The van der Waals surface area contributed by atoms with Crippen LogP contribution in [0.25, 0.3) is 11.3 Å². The fraction of sp³-hybridized carbons (Fsp3) is 0.526. The summed E-state index contributed by atoms with van der Waals surface area (Å²) in [5.74, 6) is 0.897. The second-order valence-corrected chi connectivity index (χ2v) is 7.72. The molecule has 2 aromatic rings. The molecule has 0 aliphatic carbocycles. The fourth-order valence-corrected chi connectivity index (χ4v) is 4.37. The van der Waals surface area contributed by atoms with Crippen molar-refractivity contribution in [3.8, 4) is 11.3 Å². The van der Waals surface area contributed by atoms with Crippen LogP contribution in [0.3, 0.4) is 0 Å². The van der Waals surface area contributed by atoms with E-state index >= 15 is 0 Å². The number of nitrogens with two attached hydrogens (primary N) is 1. The first-order valence-electron chi connectivity index (χ1n) is 9.22. The average molecular weight is 354 g/mol. The lowest BCUT2D eigenvalue weighted by Gasteiger charge is -2.49. The summed E-state index contributed by atoms with van der Waals surface area (Å²) in [5, 5.41) is 8.61. The number of hydrogen-bond donors (Lipinski definition) is 1.